The maximum absolute atomic E-state index is 10.1. The first-order valence-corrected chi connectivity index (χ1v) is 6.62. The van der Waals surface area contributed by atoms with Crippen LogP contribution in [0.3, 0.4) is 0 Å². The van der Waals surface area contributed by atoms with Crippen LogP contribution < -0.4 is 10.6 Å². The second-order valence-electron chi connectivity index (χ2n) is 5.09. The van der Waals surface area contributed by atoms with Gasteiger partial charge in [-0.1, -0.05) is 0 Å². The molecule has 4 nitrogen and oxygen atoms in total. The van der Waals surface area contributed by atoms with Gasteiger partial charge in [0.2, 0.25) is 0 Å². The number of hydrogen-bond donors (Lipinski definition) is 4. The molecule has 0 aliphatic carbocycles. The molecule has 4 unspecified atom stereocenters. The average molecular weight is 228 g/mol. The van der Waals surface area contributed by atoms with E-state index in [0.717, 1.165) is 51.6 Å². The summed E-state index contributed by atoms with van der Waals surface area (Å²) in [5.74, 6) is 0. The lowest BCUT2D eigenvalue weighted by atomic mass is 9.94. The minimum absolute atomic E-state index is 0.00981. The molecule has 2 aliphatic rings. The summed E-state index contributed by atoms with van der Waals surface area (Å²) in [4.78, 5) is 0. The molecule has 0 bridgehead atoms. The Hall–Kier alpha value is -0.160. The van der Waals surface area contributed by atoms with Gasteiger partial charge in [0.25, 0.3) is 0 Å². The van der Waals surface area contributed by atoms with E-state index in [1.807, 2.05) is 0 Å². The summed E-state index contributed by atoms with van der Waals surface area (Å²) in [7, 11) is 0. The highest BCUT2D eigenvalue weighted by Crippen LogP contribution is 2.18. The molecule has 0 aromatic heterocycles. The van der Waals surface area contributed by atoms with Crippen LogP contribution in [0.1, 0.15) is 38.5 Å². The van der Waals surface area contributed by atoms with Gasteiger partial charge < -0.3 is 20.8 Å². The van der Waals surface area contributed by atoms with Crippen molar-refractivity contribution in [1.82, 2.24) is 10.6 Å². The molecule has 2 heterocycles. The van der Waals surface area contributed by atoms with Crippen molar-refractivity contribution in [1.29, 1.82) is 0 Å². The van der Waals surface area contributed by atoms with Crippen molar-refractivity contribution in [2.24, 2.45) is 0 Å². The number of hydrogen-bond acceptors (Lipinski definition) is 4. The van der Waals surface area contributed by atoms with E-state index in [4.69, 9.17) is 0 Å². The Kier molecular flexibility index (Phi) is 4.58. The zero-order chi connectivity index (χ0) is 11.4. The molecule has 0 radical (unpaired) electrons. The van der Waals surface area contributed by atoms with Gasteiger partial charge in [0.15, 0.2) is 0 Å². The van der Waals surface area contributed by atoms with Gasteiger partial charge in [0.1, 0.15) is 0 Å². The number of rotatable bonds is 1. The van der Waals surface area contributed by atoms with Crippen LogP contribution in [0.25, 0.3) is 0 Å². The fourth-order valence-electron chi connectivity index (χ4n) is 2.86. The lowest BCUT2D eigenvalue weighted by Gasteiger charge is -2.33. The SMILES string of the molecule is OC1CCCCNC1C1NCCCCC1O. The van der Waals surface area contributed by atoms with Gasteiger partial charge in [-0.3, -0.25) is 0 Å². The standard InChI is InChI=1S/C12H24N2O2/c15-9-5-1-3-7-13-11(9)12-10(16)6-2-4-8-14-12/h9-16H,1-8H2. The molecule has 4 N–H and O–H groups in total. The molecule has 2 saturated heterocycles. The van der Waals surface area contributed by atoms with Crippen LogP contribution in [0, 0.1) is 0 Å². The van der Waals surface area contributed by atoms with E-state index < -0.39 is 0 Å². The highest BCUT2D eigenvalue weighted by Gasteiger charge is 2.34. The Bertz CT molecular complexity index is 191. The Morgan fingerprint density at radius 1 is 0.688 bits per heavy atom. The highest BCUT2D eigenvalue weighted by atomic mass is 16.3. The van der Waals surface area contributed by atoms with Crippen molar-refractivity contribution in [3.63, 3.8) is 0 Å². The number of nitrogens with one attached hydrogen (secondary N) is 2. The maximum Gasteiger partial charge on any atom is 0.0709 e. The van der Waals surface area contributed by atoms with E-state index in [0.29, 0.717) is 0 Å². The Labute approximate surface area is 97.4 Å². The van der Waals surface area contributed by atoms with E-state index in [1.165, 1.54) is 0 Å². The van der Waals surface area contributed by atoms with Gasteiger partial charge >= 0.3 is 0 Å². The molecule has 0 aromatic carbocycles. The third kappa shape index (κ3) is 2.94. The van der Waals surface area contributed by atoms with Crippen molar-refractivity contribution in [3.05, 3.63) is 0 Å². The van der Waals surface area contributed by atoms with Crippen LogP contribution >= 0.6 is 0 Å². The second kappa shape index (κ2) is 5.96. The van der Waals surface area contributed by atoms with Crippen molar-refractivity contribution >= 4 is 0 Å². The molecule has 16 heavy (non-hydrogen) atoms. The molecular formula is C12H24N2O2. The van der Waals surface area contributed by atoms with Gasteiger partial charge in [-0.25, -0.2) is 0 Å². The van der Waals surface area contributed by atoms with E-state index in [9.17, 15) is 10.2 Å². The summed E-state index contributed by atoms with van der Waals surface area (Å²) in [6.07, 6.45) is 5.44. The topological polar surface area (TPSA) is 64.5 Å². The molecule has 94 valence electrons. The quantitative estimate of drug-likeness (QED) is 0.510. The van der Waals surface area contributed by atoms with E-state index in [2.05, 4.69) is 10.6 Å². The van der Waals surface area contributed by atoms with Crippen molar-refractivity contribution in [2.75, 3.05) is 13.1 Å². The van der Waals surface area contributed by atoms with Crippen LogP contribution in [0.15, 0.2) is 0 Å². The predicted octanol–water partition coefficient (Wildman–Crippen LogP) is -0.00760. The molecule has 4 atom stereocenters. The zero-order valence-corrected chi connectivity index (χ0v) is 9.86. The van der Waals surface area contributed by atoms with Gasteiger partial charge in [0.05, 0.1) is 24.3 Å². The Balaban J connectivity index is 2.01. The van der Waals surface area contributed by atoms with Crippen LogP contribution in [0.2, 0.25) is 0 Å². The maximum atomic E-state index is 10.1. The normalized spacial score (nSPS) is 42.4. The third-order valence-corrected chi connectivity index (χ3v) is 3.83. The summed E-state index contributed by atoms with van der Waals surface area (Å²) >= 11 is 0. The van der Waals surface area contributed by atoms with Gasteiger partial charge in [-0.15, -0.1) is 0 Å². The predicted molar refractivity (Wildman–Crippen MR) is 63.3 cm³/mol. The van der Waals surface area contributed by atoms with E-state index in [1.54, 1.807) is 0 Å². The fourth-order valence-corrected chi connectivity index (χ4v) is 2.86. The molecule has 0 amide bonds. The van der Waals surface area contributed by atoms with Crippen LogP contribution in [-0.2, 0) is 0 Å². The lowest BCUT2D eigenvalue weighted by molar-refractivity contribution is 0.0507. The summed E-state index contributed by atoms with van der Waals surface area (Å²) in [5, 5.41) is 27.0. The minimum atomic E-state index is -0.326. The monoisotopic (exact) mass is 228 g/mol. The third-order valence-electron chi connectivity index (χ3n) is 3.83. The molecule has 0 saturated carbocycles. The highest BCUT2D eigenvalue weighted by molar-refractivity contribution is 4.94. The summed E-state index contributed by atoms with van der Waals surface area (Å²) < 4.78 is 0. The molecule has 2 aliphatic heterocycles. The first-order chi connectivity index (χ1) is 7.79. The molecule has 0 aromatic rings. The molecular weight excluding hydrogens is 204 g/mol. The van der Waals surface area contributed by atoms with Gasteiger partial charge in [0, 0.05) is 0 Å². The number of aliphatic hydroxyl groups is 2. The van der Waals surface area contributed by atoms with E-state index >= 15 is 0 Å². The molecule has 2 fully saturated rings. The van der Waals surface area contributed by atoms with Crippen LogP contribution in [-0.4, -0.2) is 47.6 Å². The van der Waals surface area contributed by atoms with E-state index in [-0.39, 0.29) is 24.3 Å². The number of aliphatic hydroxyl groups excluding tert-OH is 2. The second-order valence-corrected chi connectivity index (χ2v) is 5.09. The van der Waals surface area contributed by atoms with Gasteiger partial charge in [-0.2, -0.15) is 0 Å². The summed E-state index contributed by atoms with van der Waals surface area (Å²) in [5.41, 5.74) is 0. The van der Waals surface area contributed by atoms with Crippen molar-refractivity contribution in [3.8, 4) is 0 Å². The van der Waals surface area contributed by atoms with Crippen LogP contribution in [0.5, 0.6) is 0 Å². The minimum Gasteiger partial charge on any atom is -0.391 e. The first-order valence-electron chi connectivity index (χ1n) is 6.62. The van der Waals surface area contributed by atoms with Crippen molar-refractivity contribution in [2.45, 2.75) is 62.8 Å². The van der Waals surface area contributed by atoms with Crippen molar-refractivity contribution < 1.29 is 10.2 Å². The summed E-state index contributed by atoms with van der Waals surface area (Å²) in [6.45, 7) is 1.90. The molecule has 2 rings (SSSR count). The Morgan fingerprint density at radius 3 is 1.56 bits per heavy atom. The summed E-state index contributed by atoms with van der Waals surface area (Å²) in [6, 6.07) is 0.0196. The largest absolute Gasteiger partial charge is 0.391 e. The van der Waals surface area contributed by atoms with Crippen LogP contribution in [0.4, 0.5) is 0 Å². The smallest absolute Gasteiger partial charge is 0.0709 e. The molecule has 0 spiro atoms. The molecule has 4 heteroatoms. The first kappa shape index (κ1) is 12.3. The van der Waals surface area contributed by atoms with Gasteiger partial charge in [-0.05, 0) is 51.6 Å². The zero-order valence-electron chi connectivity index (χ0n) is 9.86. The fraction of sp³-hybridized carbons (Fsp3) is 1.00. The lowest BCUT2D eigenvalue weighted by Crippen LogP contribution is -2.58. The Morgan fingerprint density at radius 2 is 1.12 bits per heavy atom. The average Bonchev–Trinajstić information content (AvgIpc) is 2.59.